The van der Waals surface area contributed by atoms with E-state index in [1.165, 1.54) is 12.0 Å². The predicted octanol–water partition coefficient (Wildman–Crippen LogP) is 3.25. The van der Waals surface area contributed by atoms with E-state index in [9.17, 15) is 0 Å². The van der Waals surface area contributed by atoms with Crippen molar-refractivity contribution < 1.29 is 4.74 Å². The minimum absolute atomic E-state index is 0.691. The second-order valence-electron chi connectivity index (χ2n) is 4.39. The lowest BCUT2D eigenvalue weighted by molar-refractivity contribution is 0.186. The van der Waals surface area contributed by atoms with Crippen LogP contribution in [-0.2, 0) is 11.2 Å². The summed E-state index contributed by atoms with van der Waals surface area (Å²) in [6, 6.07) is 8.62. The zero-order valence-corrected chi connectivity index (χ0v) is 12.3. The van der Waals surface area contributed by atoms with Crippen molar-refractivity contribution in [2.75, 3.05) is 27.3 Å². The van der Waals surface area contributed by atoms with Gasteiger partial charge in [-0.15, -0.1) is 0 Å². The van der Waals surface area contributed by atoms with Crippen LogP contribution in [0.5, 0.6) is 0 Å². The topological polar surface area (TPSA) is 21.3 Å². The van der Waals surface area contributed by atoms with E-state index in [0.29, 0.717) is 5.92 Å². The normalized spacial score (nSPS) is 12.6. The Hall–Kier alpha value is -0.380. The number of nitrogens with one attached hydrogen (secondary N) is 1. The second-order valence-corrected chi connectivity index (χ2v) is 5.30. The van der Waals surface area contributed by atoms with Crippen molar-refractivity contribution >= 4 is 15.9 Å². The molecule has 0 aliphatic heterocycles. The standard InChI is InChI=1S/C14H22BrNO/c1-16-11-13(4-3-9-17-2)10-12-5-7-14(15)8-6-12/h5-8,13,16H,3-4,9-11H2,1-2H3. The molecule has 17 heavy (non-hydrogen) atoms. The van der Waals surface area contributed by atoms with E-state index >= 15 is 0 Å². The Morgan fingerprint density at radius 1 is 1.29 bits per heavy atom. The van der Waals surface area contributed by atoms with E-state index < -0.39 is 0 Å². The summed E-state index contributed by atoms with van der Waals surface area (Å²) in [5.74, 6) is 0.691. The third-order valence-corrected chi connectivity index (χ3v) is 3.42. The monoisotopic (exact) mass is 299 g/mol. The quantitative estimate of drug-likeness (QED) is 0.744. The maximum atomic E-state index is 5.11. The Labute approximate surface area is 113 Å². The molecule has 0 spiro atoms. The highest BCUT2D eigenvalue weighted by Crippen LogP contribution is 2.16. The van der Waals surface area contributed by atoms with Crippen molar-refractivity contribution in [1.82, 2.24) is 5.32 Å². The summed E-state index contributed by atoms with van der Waals surface area (Å²) in [6.45, 7) is 1.93. The second kappa shape index (κ2) is 8.67. The molecule has 3 heteroatoms. The third-order valence-electron chi connectivity index (χ3n) is 2.89. The molecule has 0 bridgehead atoms. The van der Waals surface area contributed by atoms with Crippen LogP contribution in [0.2, 0.25) is 0 Å². The minimum atomic E-state index is 0.691. The van der Waals surface area contributed by atoms with Gasteiger partial charge < -0.3 is 10.1 Å². The van der Waals surface area contributed by atoms with Gasteiger partial charge in [0, 0.05) is 18.2 Å². The van der Waals surface area contributed by atoms with Crippen LogP contribution in [0.25, 0.3) is 0 Å². The van der Waals surface area contributed by atoms with Crippen LogP contribution >= 0.6 is 15.9 Å². The van der Waals surface area contributed by atoms with Crippen molar-refractivity contribution in [2.24, 2.45) is 5.92 Å². The van der Waals surface area contributed by atoms with E-state index in [2.05, 4.69) is 45.5 Å². The Kier molecular flexibility index (Phi) is 7.49. The maximum absolute atomic E-state index is 5.11. The summed E-state index contributed by atoms with van der Waals surface area (Å²) < 4.78 is 6.25. The summed E-state index contributed by atoms with van der Waals surface area (Å²) in [5, 5.41) is 3.28. The van der Waals surface area contributed by atoms with Gasteiger partial charge in [0.2, 0.25) is 0 Å². The molecule has 0 fully saturated rings. The van der Waals surface area contributed by atoms with Crippen molar-refractivity contribution in [3.8, 4) is 0 Å². The molecule has 1 N–H and O–H groups in total. The van der Waals surface area contributed by atoms with Gasteiger partial charge in [0.15, 0.2) is 0 Å². The molecular formula is C14H22BrNO. The molecule has 1 rings (SSSR count). The molecule has 0 saturated heterocycles. The van der Waals surface area contributed by atoms with Gasteiger partial charge in [-0.25, -0.2) is 0 Å². The summed E-state index contributed by atoms with van der Waals surface area (Å²) in [7, 11) is 3.78. The van der Waals surface area contributed by atoms with Gasteiger partial charge in [-0.3, -0.25) is 0 Å². The molecule has 0 radical (unpaired) electrons. The smallest absolute Gasteiger partial charge is 0.0462 e. The molecule has 1 atom stereocenters. The first kappa shape index (κ1) is 14.7. The number of hydrogen-bond donors (Lipinski definition) is 1. The van der Waals surface area contributed by atoms with E-state index in [4.69, 9.17) is 4.74 Å². The molecule has 1 aromatic rings. The predicted molar refractivity (Wildman–Crippen MR) is 76.4 cm³/mol. The Bertz CT molecular complexity index is 300. The highest BCUT2D eigenvalue weighted by molar-refractivity contribution is 9.10. The first-order chi connectivity index (χ1) is 8.26. The lowest BCUT2D eigenvalue weighted by atomic mass is 9.95. The van der Waals surface area contributed by atoms with Crippen molar-refractivity contribution in [3.63, 3.8) is 0 Å². The maximum Gasteiger partial charge on any atom is 0.0462 e. The minimum Gasteiger partial charge on any atom is -0.385 e. The molecule has 0 heterocycles. The number of halogens is 1. The fourth-order valence-electron chi connectivity index (χ4n) is 2.04. The van der Waals surface area contributed by atoms with Crippen LogP contribution in [0.4, 0.5) is 0 Å². The third kappa shape index (κ3) is 6.20. The van der Waals surface area contributed by atoms with E-state index in [1.807, 2.05) is 7.05 Å². The zero-order valence-electron chi connectivity index (χ0n) is 10.7. The molecule has 0 amide bonds. The summed E-state index contributed by atoms with van der Waals surface area (Å²) in [5.41, 5.74) is 1.41. The molecule has 0 aliphatic carbocycles. The van der Waals surface area contributed by atoms with Gasteiger partial charge in [0.05, 0.1) is 0 Å². The highest BCUT2D eigenvalue weighted by atomic mass is 79.9. The molecule has 0 aromatic heterocycles. The van der Waals surface area contributed by atoms with Crippen LogP contribution in [0.15, 0.2) is 28.7 Å². The fourth-order valence-corrected chi connectivity index (χ4v) is 2.30. The number of methoxy groups -OCH3 is 1. The summed E-state index contributed by atoms with van der Waals surface area (Å²) >= 11 is 3.46. The lowest BCUT2D eigenvalue weighted by Crippen LogP contribution is -2.21. The SMILES string of the molecule is CNCC(CCCOC)Cc1ccc(Br)cc1. The average Bonchev–Trinajstić information content (AvgIpc) is 2.32. The van der Waals surface area contributed by atoms with E-state index in [-0.39, 0.29) is 0 Å². The van der Waals surface area contributed by atoms with Gasteiger partial charge in [-0.1, -0.05) is 28.1 Å². The van der Waals surface area contributed by atoms with Crippen LogP contribution in [0.1, 0.15) is 18.4 Å². The molecular weight excluding hydrogens is 278 g/mol. The molecule has 1 unspecified atom stereocenters. The van der Waals surface area contributed by atoms with Crippen LogP contribution in [0.3, 0.4) is 0 Å². The van der Waals surface area contributed by atoms with Crippen molar-refractivity contribution in [2.45, 2.75) is 19.3 Å². The van der Waals surface area contributed by atoms with E-state index in [1.54, 1.807) is 7.11 Å². The molecule has 1 aromatic carbocycles. The number of rotatable bonds is 8. The Morgan fingerprint density at radius 2 is 2.00 bits per heavy atom. The number of hydrogen-bond acceptors (Lipinski definition) is 2. The van der Waals surface area contributed by atoms with Gasteiger partial charge in [-0.2, -0.15) is 0 Å². The van der Waals surface area contributed by atoms with Crippen molar-refractivity contribution in [3.05, 3.63) is 34.3 Å². The van der Waals surface area contributed by atoms with Gasteiger partial charge in [0.1, 0.15) is 0 Å². The van der Waals surface area contributed by atoms with Gasteiger partial charge in [-0.05, 0) is 56.5 Å². The number of ether oxygens (including phenoxy) is 1. The summed E-state index contributed by atoms with van der Waals surface area (Å²) in [4.78, 5) is 0. The Balaban J connectivity index is 2.44. The van der Waals surface area contributed by atoms with Gasteiger partial charge >= 0.3 is 0 Å². The summed E-state index contributed by atoms with van der Waals surface area (Å²) in [6.07, 6.45) is 3.49. The molecule has 2 nitrogen and oxygen atoms in total. The van der Waals surface area contributed by atoms with E-state index in [0.717, 1.165) is 30.5 Å². The van der Waals surface area contributed by atoms with Crippen LogP contribution in [0, 0.1) is 5.92 Å². The molecule has 96 valence electrons. The van der Waals surface area contributed by atoms with Gasteiger partial charge in [0.25, 0.3) is 0 Å². The highest BCUT2D eigenvalue weighted by Gasteiger charge is 2.08. The number of benzene rings is 1. The van der Waals surface area contributed by atoms with Crippen molar-refractivity contribution in [1.29, 1.82) is 0 Å². The molecule has 0 aliphatic rings. The Morgan fingerprint density at radius 3 is 2.59 bits per heavy atom. The lowest BCUT2D eigenvalue weighted by Gasteiger charge is -2.16. The van der Waals surface area contributed by atoms with Crippen LogP contribution < -0.4 is 5.32 Å². The molecule has 0 saturated carbocycles. The van der Waals surface area contributed by atoms with Crippen LogP contribution in [-0.4, -0.2) is 27.3 Å². The first-order valence-electron chi connectivity index (χ1n) is 6.14. The first-order valence-corrected chi connectivity index (χ1v) is 6.93. The average molecular weight is 300 g/mol. The fraction of sp³-hybridized carbons (Fsp3) is 0.571. The zero-order chi connectivity index (χ0) is 12.5. The largest absolute Gasteiger partial charge is 0.385 e.